The molecule has 9 aromatic rings. The van der Waals surface area contributed by atoms with Crippen LogP contribution < -0.4 is 21.1 Å². The van der Waals surface area contributed by atoms with Gasteiger partial charge in [0.25, 0.3) is 0 Å². The van der Waals surface area contributed by atoms with Crippen LogP contribution in [0.4, 0.5) is 0 Å². The van der Waals surface area contributed by atoms with E-state index in [1.165, 1.54) is 31.3 Å². The van der Waals surface area contributed by atoms with Gasteiger partial charge in [-0.15, -0.1) is 11.3 Å². The molecule has 0 spiro atoms. The fourth-order valence-corrected chi connectivity index (χ4v) is 9.97. The topological polar surface area (TPSA) is 72.5 Å². The van der Waals surface area contributed by atoms with Crippen molar-refractivity contribution in [1.29, 1.82) is 0 Å². The lowest BCUT2D eigenvalue weighted by molar-refractivity contribution is 0.279. The Morgan fingerprint density at radius 2 is 1.33 bits per heavy atom. The molecule has 0 saturated heterocycles. The van der Waals surface area contributed by atoms with Crippen LogP contribution in [0.5, 0.6) is 5.75 Å². The maximum atomic E-state index is 7.07. The molecule has 4 unspecified atom stereocenters. The Morgan fingerprint density at radius 3 is 2.19 bits per heavy atom. The van der Waals surface area contributed by atoms with Crippen LogP contribution in [-0.4, -0.2) is 6.10 Å². The average Bonchev–Trinajstić information content (AvgIpc) is 3.97. The fraction of sp³-hybridized carbons (Fsp3) is 0.0980. The molecule has 6 heteroatoms. The van der Waals surface area contributed by atoms with Crippen molar-refractivity contribution in [1.82, 2.24) is 10.6 Å². The van der Waals surface area contributed by atoms with E-state index in [1.807, 2.05) is 47.7 Å². The van der Waals surface area contributed by atoms with E-state index in [0.29, 0.717) is 6.54 Å². The van der Waals surface area contributed by atoms with E-state index in [2.05, 4.69) is 150 Å². The van der Waals surface area contributed by atoms with Crippen molar-refractivity contribution in [2.45, 2.75) is 30.9 Å². The first-order valence-electron chi connectivity index (χ1n) is 19.6. The normalized spacial score (nSPS) is 17.1. The first-order chi connectivity index (χ1) is 28.2. The maximum Gasteiger partial charge on any atom is 0.143 e. The predicted octanol–water partition coefficient (Wildman–Crippen LogP) is 12.2. The van der Waals surface area contributed by atoms with Gasteiger partial charge in [0, 0.05) is 71.2 Å². The first kappa shape index (κ1) is 34.0. The highest BCUT2D eigenvalue weighted by Crippen LogP contribution is 2.51. The van der Waals surface area contributed by atoms with Gasteiger partial charge in [-0.25, -0.2) is 0 Å². The number of fused-ring (bicyclic) bond motifs is 9. The summed E-state index contributed by atoms with van der Waals surface area (Å²) in [6.07, 6.45) is 5.95. The predicted molar refractivity (Wildman–Crippen MR) is 235 cm³/mol. The van der Waals surface area contributed by atoms with Crippen LogP contribution in [0.15, 0.2) is 180 Å². The van der Waals surface area contributed by atoms with Gasteiger partial charge in [0.15, 0.2) is 0 Å². The van der Waals surface area contributed by atoms with E-state index in [-0.39, 0.29) is 24.4 Å². The van der Waals surface area contributed by atoms with Crippen molar-refractivity contribution in [2.75, 3.05) is 0 Å². The highest BCUT2D eigenvalue weighted by Gasteiger charge is 2.39. The molecule has 7 aromatic carbocycles. The molecule has 0 saturated carbocycles. The second kappa shape index (κ2) is 14.0. The summed E-state index contributed by atoms with van der Waals surface area (Å²) in [6, 6.07) is 55.5. The van der Waals surface area contributed by atoms with E-state index in [1.54, 1.807) is 0 Å². The van der Waals surface area contributed by atoms with Gasteiger partial charge in [-0.3, -0.25) is 10.6 Å². The third-order valence-corrected chi connectivity index (χ3v) is 12.8. The molecule has 276 valence electrons. The minimum atomic E-state index is -0.347. The van der Waals surface area contributed by atoms with Gasteiger partial charge in [0.1, 0.15) is 23.0 Å². The Balaban J connectivity index is 0.916. The summed E-state index contributed by atoms with van der Waals surface area (Å²) in [5.41, 5.74) is 17.3. The van der Waals surface area contributed by atoms with Crippen LogP contribution in [0.3, 0.4) is 0 Å². The molecule has 2 aliphatic rings. The highest BCUT2D eigenvalue weighted by atomic mass is 32.1. The van der Waals surface area contributed by atoms with Crippen molar-refractivity contribution in [3.05, 3.63) is 204 Å². The minimum Gasteiger partial charge on any atom is -0.484 e. The van der Waals surface area contributed by atoms with Crippen molar-refractivity contribution >= 4 is 59.0 Å². The number of ether oxygens (including phenoxy) is 1. The summed E-state index contributed by atoms with van der Waals surface area (Å²) < 4.78 is 16.6. The van der Waals surface area contributed by atoms with Crippen molar-refractivity contribution < 1.29 is 9.15 Å². The largest absolute Gasteiger partial charge is 0.484 e. The van der Waals surface area contributed by atoms with Gasteiger partial charge in [0.05, 0.1) is 12.3 Å². The number of allylic oxidation sites excluding steroid dienone is 2. The second-order valence-corrected chi connectivity index (χ2v) is 16.0. The zero-order valence-corrected chi connectivity index (χ0v) is 31.9. The van der Waals surface area contributed by atoms with Crippen LogP contribution in [0.2, 0.25) is 0 Å². The number of furan rings is 1. The van der Waals surface area contributed by atoms with Gasteiger partial charge >= 0.3 is 0 Å². The molecule has 3 heterocycles. The zero-order chi connectivity index (χ0) is 37.9. The quantitative estimate of drug-likeness (QED) is 0.128. The Morgan fingerprint density at radius 1 is 0.632 bits per heavy atom. The summed E-state index contributed by atoms with van der Waals surface area (Å²) in [5.74, 6) is 1.06. The summed E-state index contributed by atoms with van der Waals surface area (Å²) in [6.45, 7) is 0.575. The van der Waals surface area contributed by atoms with Gasteiger partial charge in [0.2, 0.25) is 0 Å². The molecule has 2 aromatic heterocycles. The van der Waals surface area contributed by atoms with Crippen molar-refractivity contribution in [3.8, 4) is 16.9 Å². The number of hydrogen-bond acceptors (Lipinski definition) is 6. The van der Waals surface area contributed by atoms with Crippen LogP contribution in [-0.2, 0) is 6.54 Å². The highest BCUT2D eigenvalue weighted by molar-refractivity contribution is 7.25. The molecular weight excluding hydrogens is 719 g/mol. The van der Waals surface area contributed by atoms with Crippen LogP contribution in [0.25, 0.3) is 58.8 Å². The molecule has 0 bridgehead atoms. The van der Waals surface area contributed by atoms with Crippen molar-refractivity contribution in [2.24, 2.45) is 5.73 Å². The molecule has 11 rings (SSSR count). The van der Waals surface area contributed by atoms with E-state index in [0.717, 1.165) is 61.1 Å². The Kier molecular flexibility index (Phi) is 8.37. The van der Waals surface area contributed by atoms with Gasteiger partial charge in [-0.2, -0.15) is 0 Å². The fourth-order valence-electron chi connectivity index (χ4n) is 8.82. The summed E-state index contributed by atoms with van der Waals surface area (Å²) >= 11 is 1.85. The van der Waals surface area contributed by atoms with Gasteiger partial charge in [-0.1, -0.05) is 164 Å². The first-order valence-corrected chi connectivity index (χ1v) is 20.4. The van der Waals surface area contributed by atoms with E-state index < -0.39 is 0 Å². The van der Waals surface area contributed by atoms with Crippen molar-refractivity contribution in [3.63, 3.8) is 0 Å². The zero-order valence-electron chi connectivity index (χ0n) is 31.1. The number of nitrogens with two attached hydrogens (primary N) is 1. The molecule has 4 atom stereocenters. The standard InChI is InChI=1S/C51H39N3O2S/c52-50(31-13-3-1-4-14-31)54-51(32-15-5-2-6-16-32)53-30-34-17-9-20-38-39-22-11-24-42(48(39)55-46(34)38)43-25-12-23-41-40-21-10-19-35(47(40)56-49(41)43)33-27-28-37-36-18-7-8-26-44(36)57-45(37)29-33/h1-29,41,49-51,53-54H,30,52H2. The summed E-state index contributed by atoms with van der Waals surface area (Å²) in [4.78, 5) is 0. The number of hydrogen-bond donors (Lipinski definition) is 3. The summed E-state index contributed by atoms with van der Waals surface area (Å²) in [7, 11) is 0. The second-order valence-electron chi connectivity index (χ2n) is 15.0. The number of para-hydroxylation sites is 3. The molecule has 0 fully saturated rings. The minimum absolute atomic E-state index is 0.0945. The molecule has 1 aliphatic heterocycles. The third kappa shape index (κ3) is 5.88. The lowest BCUT2D eigenvalue weighted by atomic mass is 9.83. The van der Waals surface area contributed by atoms with E-state index >= 15 is 0 Å². The van der Waals surface area contributed by atoms with Crippen LogP contribution in [0, 0.1) is 0 Å². The smallest absolute Gasteiger partial charge is 0.143 e. The molecule has 57 heavy (non-hydrogen) atoms. The lowest BCUT2D eigenvalue weighted by Crippen LogP contribution is -2.39. The summed E-state index contributed by atoms with van der Waals surface area (Å²) in [5, 5.41) is 12.2. The van der Waals surface area contributed by atoms with Gasteiger partial charge in [-0.05, 0) is 28.8 Å². The Hall–Kier alpha value is -6.28. The molecule has 4 N–H and O–H groups in total. The number of thiophene rings is 1. The van der Waals surface area contributed by atoms with Gasteiger partial charge < -0.3 is 14.9 Å². The molecule has 5 nitrogen and oxygen atoms in total. The third-order valence-electron chi connectivity index (χ3n) is 11.6. The number of nitrogens with one attached hydrogen (secondary N) is 2. The molecular formula is C51H39N3O2S. The number of rotatable bonds is 9. The Bertz CT molecular complexity index is 3020. The SMILES string of the molecule is NC(NC(NCc1cccc2c1oc1c(C3=CC=CC4c5cccc(-c6ccc7c(c6)sc6ccccc67)c5OC34)cccc12)c1ccccc1)c1ccccc1. The molecule has 1 aliphatic carbocycles. The van der Waals surface area contributed by atoms with E-state index in [9.17, 15) is 0 Å². The Labute approximate surface area is 334 Å². The number of benzene rings is 7. The van der Waals surface area contributed by atoms with E-state index in [4.69, 9.17) is 14.9 Å². The molecule has 0 amide bonds. The lowest BCUT2D eigenvalue weighted by Gasteiger charge is -2.25. The maximum absolute atomic E-state index is 7.07. The van der Waals surface area contributed by atoms with Crippen LogP contribution >= 0.6 is 11.3 Å². The average molecular weight is 758 g/mol. The monoisotopic (exact) mass is 757 g/mol. The van der Waals surface area contributed by atoms with Crippen LogP contribution in [0.1, 0.15) is 46.1 Å². The molecule has 0 radical (unpaired) electrons.